The van der Waals surface area contributed by atoms with Gasteiger partial charge in [-0.1, -0.05) is 36.4 Å². The maximum absolute atomic E-state index is 4.36. The predicted octanol–water partition coefficient (Wildman–Crippen LogP) is 4.84. The third kappa shape index (κ3) is 2.27. The third-order valence-electron chi connectivity index (χ3n) is 4.89. The van der Waals surface area contributed by atoms with E-state index in [4.69, 9.17) is 0 Å². The van der Waals surface area contributed by atoms with E-state index in [9.17, 15) is 0 Å². The number of nitrogens with zero attached hydrogens (tertiary/aromatic N) is 1. The molecular formula is C20H21NS. The number of hydrogen-bond donors (Lipinski definition) is 0. The fourth-order valence-corrected chi connectivity index (χ4v) is 4.55. The Balaban J connectivity index is 1.96. The Bertz CT molecular complexity index is 756. The van der Waals surface area contributed by atoms with Crippen molar-refractivity contribution in [1.29, 1.82) is 0 Å². The van der Waals surface area contributed by atoms with E-state index in [2.05, 4.69) is 54.2 Å². The van der Waals surface area contributed by atoms with Crippen LogP contribution in [-0.4, -0.2) is 25.0 Å². The molecule has 0 bridgehead atoms. The number of allylic oxidation sites excluding steroid dienone is 1. The SMILES string of the molecule is C=C1Cc2ccccc2C(=C2CCN(C)CC2)c2ccsc21. The first kappa shape index (κ1) is 14.0. The second-order valence-electron chi connectivity index (χ2n) is 6.38. The molecule has 1 nitrogen and oxygen atoms in total. The van der Waals surface area contributed by atoms with Gasteiger partial charge in [0.05, 0.1) is 0 Å². The lowest BCUT2D eigenvalue weighted by Gasteiger charge is -2.27. The van der Waals surface area contributed by atoms with Crippen molar-refractivity contribution in [3.8, 4) is 0 Å². The molecule has 0 amide bonds. The fourth-order valence-electron chi connectivity index (χ4n) is 3.67. The van der Waals surface area contributed by atoms with Gasteiger partial charge in [0.15, 0.2) is 0 Å². The van der Waals surface area contributed by atoms with Gasteiger partial charge in [-0.15, -0.1) is 11.3 Å². The van der Waals surface area contributed by atoms with Gasteiger partial charge in [0.1, 0.15) is 0 Å². The van der Waals surface area contributed by atoms with E-state index >= 15 is 0 Å². The number of hydrogen-bond acceptors (Lipinski definition) is 2. The topological polar surface area (TPSA) is 3.24 Å². The van der Waals surface area contributed by atoms with Gasteiger partial charge in [-0.25, -0.2) is 0 Å². The van der Waals surface area contributed by atoms with Crippen molar-refractivity contribution in [2.75, 3.05) is 20.1 Å². The molecule has 22 heavy (non-hydrogen) atoms. The molecule has 112 valence electrons. The van der Waals surface area contributed by atoms with Crippen LogP contribution in [0.2, 0.25) is 0 Å². The second-order valence-corrected chi connectivity index (χ2v) is 7.30. The van der Waals surface area contributed by atoms with E-state index in [0.717, 1.165) is 6.42 Å². The molecular weight excluding hydrogens is 286 g/mol. The molecule has 0 spiro atoms. The number of thiophene rings is 1. The average molecular weight is 307 g/mol. The maximum Gasteiger partial charge on any atom is 0.0378 e. The van der Waals surface area contributed by atoms with Crippen molar-refractivity contribution in [1.82, 2.24) is 4.90 Å². The first-order valence-electron chi connectivity index (χ1n) is 7.99. The van der Waals surface area contributed by atoms with Crippen molar-refractivity contribution >= 4 is 22.5 Å². The van der Waals surface area contributed by atoms with Crippen LogP contribution in [0.5, 0.6) is 0 Å². The lowest BCUT2D eigenvalue weighted by Crippen LogP contribution is -2.27. The Morgan fingerprint density at radius 2 is 1.82 bits per heavy atom. The van der Waals surface area contributed by atoms with Crippen molar-refractivity contribution in [2.45, 2.75) is 19.3 Å². The Kier molecular flexibility index (Phi) is 3.51. The summed E-state index contributed by atoms with van der Waals surface area (Å²) in [6.07, 6.45) is 3.34. The Morgan fingerprint density at radius 1 is 1.05 bits per heavy atom. The molecule has 2 heteroatoms. The monoisotopic (exact) mass is 307 g/mol. The number of fused-ring (bicyclic) bond motifs is 2. The highest BCUT2D eigenvalue weighted by Crippen LogP contribution is 2.43. The zero-order chi connectivity index (χ0) is 15.1. The maximum atomic E-state index is 4.36. The third-order valence-corrected chi connectivity index (χ3v) is 5.91. The van der Waals surface area contributed by atoms with Gasteiger partial charge in [-0.2, -0.15) is 0 Å². The minimum Gasteiger partial charge on any atom is -0.306 e. The molecule has 4 rings (SSSR count). The number of piperidine rings is 1. The number of rotatable bonds is 0. The van der Waals surface area contributed by atoms with Gasteiger partial charge in [-0.05, 0) is 60.0 Å². The molecule has 0 atom stereocenters. The summed E-state index contributed by atoms with van der Waals surface area (Å²) in [4.78, 5) is 3.82. The normalized spacial score (nSPS) is 18.9. The molecule has 1 aliphatic carbocycles. The zero-order valence-electron chi connectivity index (χ0n) is 13.1. The summed E-state index contributed by atoms with van der Waals surface area (Å²) in [6, 6.07) is 11.2. The van der Waals surface area contributed by atoms with E-state index < -0.39 is 0 Å². The van der Waals surface area contributed by atoms with Gasteiger partial charge >= 0.3 is 0 Å². The highest BCUT2D eigenvalue weighted by atomic mass is 32.1. The highest BCUT2D eigenvalue weighted by Gasteiger charge is 2.25. The molecule has 1 saturated heterocycles. The van der Waals surface area contributed by atoms with Crippen LogP contribution in [-0.2, 0) is 6.42 Å². The second kappa shape index (κ2) is 5.53. The van der Waals surface area contributed by atoms with E-state index in [1.54, 1.807) is 5.57 Å². The Morgan fingerprint density at radius 3 is 2.64 bits per heavy atom. The Hall–Kier alpha value is -1.64. The van der Waals surface area contributed by atoms with Crippen LogP contribution >= 0.6 is 11.3 Å². The molecule has 1 fully saturated rings. The van der Waals surface area contributed by atoms with Crippen LogP contribution in [0.15, 0.2) is 47.9 Å². The van der Waals surface area contributed by atoms with Crippen molar-refractivity contribution in [3.63, 3.8) is 0 Å². The zero-order valence-corrected chi connectivity index (χ0v) is 13.9. The number of benzene rings is 1. The molecule has 2 heterocycles. The summed E-state index contributed by atoms with van der Waals surface area (Å²) in [6.45, 7) is 6.69. The molecule has 2 aliphatic rings. The summed E-state index contributed by atoms with van der Waals surface area (Å²) >= 11 is 1.84. The first-order chi connectivity index (χ1) is 10.7. The van der Waals surface area contributed by atoms with Crippen LogP contribution in [0.3, 0.4) is 0 Å². The predicted molar refractivity (Wildman–Crippen MR) is 96.3 cm³/mol. The molecule has 1 aliphatic heterocycles. The highest BCUT2D eigenvalue weighted by molar-refractivity contribution is 7.11. The molecule has 0 unspecified atom stereocenters. The smallest absolute Gasteiger partial charge is 0.0378 e. The van der Waals surface area contributed by atoms with Gasteiger partial charge in [-0.3, -0.25) is 0 Å². The molecule has 0 saturated carbocycles. The summed E-state index contributed by atoms with van der Waals surface area (Å²) in [5.41, 5.74) is 8.66. The van der Waals surface area contributed by atoms with Crippen LogP contribution in [0.1, 0.15) is 34.4 Å². The summed E-state index contributed by atoms with van der Waals surface area (Å²) in [7, 11) is 2.22. The molecule has 0 N–H and O–H groups in total. The molecule has 0 radical (unpaired) electrons. The van der Waals surface area contributed by atoms with E-state index in [1.165, 1.54) is 58.6 Å². The van der Waals surface area contributed by atoms with E-state index in [-0.39, 0.29) is 0 Å². The van der Waals surface area contributed by atoms with Crippen LogP contribution in [0.25, 0.3) is 11.1 Å². The van der Waals surface area contributed by atoms with Gasteiger partial charge in [0, 0.05) is 23.5 Å². The van der Waals surface area contributed by atoms with Gasteiger partial charge in [0.25, 0.3) is 0 Å². The molecule has 1 aromatic heterocycles. The Labute approximate surface area is 136 Å². The number of likely N-dealkylation sites (tertiary alicyclic amines) is 1. The van der Waals surface area contributed by atoms with Crippen LogP contribution < -0.4 is 0 Å². The van der Waals surface area contributed by atoms with E-state index in [1.807, 2.05) is 11.3 Å². The molecule has 1 aromatic carbocycles. The summed E-state index contributed by atoms with van der Waals surface area (Å²) in [5, 5.41) is 2.22. The summed E-state index contributed by atoms with van der Waals surface area (Å²) in [5.74, 6) is 0. The lowest BCUT2D eigenvalue weighted by molar-refractivity contribution is 0.313. The summed E-state index contributed by atoms with van der Waals surface area (Å²) < 4.78 is 0. The largest absolute Gasteiger partial charge is 0.306 e. The first-order valence-corrected chi connectivity index (χ1v) is 8.87. The fraction of sp³-hybridized carbons (Fsp3) is 0.300. The van der Waals surface area contributed by atoms with Gasteiger partial charge in [0.2, 0.25) is 0 Å². The molecule has 2 aromatic rings. The van der Waals surface area contributed by atoms with Crippen LogP contribution in [0, 0.1) is 0 Å². The minimum atomic E-state index is 0.973. The van der Waals surface area contributed by atoms with Crippen molar-refractivity contribution < 1.29 is 0 Å². The standard InChI is InChI=1S/C20H21NS/c1-14-13-16-5-3-4-6-17(16)19(18-9-12-22-20(14)18)15-7-10-21(2)11-8-15/h3-6,9,12H,1,7-8,10-11,13H2,2H3. The quantitative estimate of drug-likeness (QED) is 0.673. The van der Waals surface area contributed by atoms with E-state index in [0.29, 0.717) is 0 Å². The van der Waals surface area contributed by atoms with Crippen molar-refractivity contribution in [3.05, 3.63) is 69.4 Å². The van der Waals surface area contributed by atoms with Crippen LogP contribution in [0.4, 0.5) is 0 Å². The lowest BCUT2D eigenvalue weighted by atomic mass is 9.88. The minimum absolute atomic E-state index is 0.973. The average Bonchev–Trinajstić information content (AvgIpc) is 2.96. The van der Waals surface area contributed by atoms with Gasteiger partial charge < -0.3 is 4.90 Å². The van der Waals surface area contributed by atoms with Crippen molar-refractivity contribution in [2.24, 2.45) is 0 Å².